The van der Waals surface area contributed by atoms with E-state index in [0.29, 0.717) is 18.5 Å². The average Bonchev–Trinajstić information content (AvgIpc) is 3.16. The Morgan fingerprint density at radius 1 is 0.885 bits per heavy atom. The number of aromatic nitrogens is 2. The third-order valence-electron chi connectivity index (χ3n) is 4.04. The van der Waals surface area contributed by atoms with Crippen LogP contribution in [0.2, 0.25) is 0 Å². The number of rotatable bonds is 8. The molecule has 0 fully saturated rings. The average molecular weight is 347 g/mol. The second kappa shape index (κ2) is 8.76. The third kappa shape index (κ3) is 4.89. The van der Waals surface area contributed by atoms with Crippen molar-refractivity contribution >= 4 is 11.7 Å². The van der Waals surface area contributed by atoms with Crippen LogP contribution in [0.5, 0.6) is 0 Å². The van der Waals surface area contributed by atoms with Crippen LogP contribution in [0.1, 0.15) is 28.9 Å². The Balaban J connectivity index is 1.40. The van der Waals surface area contributed by atoms with Crippen molar-refractivity contribution in [2.75, 3.05) is 6.54 Å². The number of amides is 1. The molecule has 0 spiro atoms. The van der Waals surface area contributed by atoms with E-state index in [2.05, 4.69) is 10.4 Å². The first-order valence-electron chi connectivity index (χ1n) is 8.67. The van der Waals surface area contributed by atoms with Gasteiger partial charge in [-0.05, 0) is 18.2 Å². The molecule has 0 saturated carbocycles. The molecule has 0 atom stereocenters. The van der Waals surface area contributed by atoms with E-state index in [-0.39, 0.29) is 24.5 Å². The van der Waals surface area contributed by atoms with Crippen LogP contribution in [0.3, 0.4) is 0 Å². The van der Waals surface area contributed by atoms with Gasteiger partial charge in [-0.15, -0.1) is 0 Å². The number of nitrogens with one attached hydrogen (secondary N) is 1. The lowest BCUT2D eigenvalue weighted by molar-refractivity contribution is -0.121. The number of carbonyl (C=O) groups excluding carboxylic acids is 2. The third-order valence-corrected chi connectivity index (χ3v) is 4.04. The summed E-state index contributed by atoms with van der Waals surface area (Å²) in [5.41, 5.74) is 2.56. The Bertz CT molecular complexity index is 857. The minimum atomic E-state index is -0.114. The molecule has 5 heteroatoms. The molecule has 0 radical (unpaired) electrons. The minimum absolute atomic E-state index is 0.0117. The molecule has 0 aliphatic rings. The largest absolute Gasteiger partial charge is 0.356 e. The molecule has 1 heterocycles. The van der Waals surface area contributed by atoms with E-state index in [0.717, 1.165) is 11.4 Å². The second-order valence-electron chi connectivity index (χ2n) is 5.98. The number of hydrogen-bond donors (Lipinski definition) is 1. The van der Waals surface area contributed by atoms with Gasteiger partial charge in [-0.2, -0.15) is 5.10 Å². The van der Waals surface area contributed by atoms with E-state index >= 15 is 0 Å². The summed E-state index contributed by atoms with van der Waals surface area (Å²) in [4.78, 5) is 23.9. The molecule has 0 bridgehead atoms. The lowest BCUT2D eigenvalue weighted by Gasteiger charge is -2.04. The first-order valence-corrected chi connectivity index (χ1v) is 8.67. The molecule has 0 unspecified atom stereocenters. The van der Waals surface area contributed by atoms with E-state index in [4.69, 9.17) is 0 Å². The predicted octanol–water partition coefficient (Wildman–Crippen LogP) is 3.19. The Labute approximate surface area is 152 Å². The van der Waals surface area contributed by atoms with Gasteiger partial charge in [0.05, 0.1) is 11.4 Å². The van der Waals surface area contributed by atoms with Crippen LogP contribution in [-0.4, -0.2) is 28.0 Å². The molecule has 0 saturated heterocycles. The standard InChI is InChI=1S/C21H21N3O2/c25-20(17-7-3-1-4-8-17)11-12-21(26)22-15-13-18-14-16-24(23-18)19-9-5-2-6-10-19/h1-10,14,16H,11-13,15H2,(H,22,26). The number of hydrogen-bond acceptors (Lipinski definition) is 3. The number of ketones is 1. The maximum atomic E-state index is 12.0. The predicted molar refractivity (Wildman–Crippen MR) is 100 cm³/mol. The van der Waals surface area contributed by atoms with Gasteiger partial charge in [-0.3, -0.25) is 9.59 Å². The molecule has 2 aromatic carbocycles. The monoisotopic (exact) mass is 347 g/mol. The van der Waals surface area contributed by atoms with Crippen LogP contribution in [0.4, 0.5) is 0 Å². The van der Waals surface area contributed by atoms with Gasteiger partial charge in [0.15, 0.2) is 5.78 Å². The molecule has 0 aliphatic heterocycles. The maximum Gasteiger partial charge on any atom is 0.220 e. The summed E-state index contributed by atoms with van der Waals surface area (Å²) >= 11 is 0. The normalized spacial score (nSPS) is 10.5. The summed E-state index contributed by atoms with van der Waals surface area (Å²) in [7, 11) is 0. The molecule has 26 heavy (non-hydrogen) atoms. The molecule has 3 aromatic rings. The number of para-hydroxylation sites is 1. The van der Waals surface area contributed by atoms with Crippen molar-refractivity contribution in [1.82, 2.24) is 15.1 Å². The van der Waals surface area contributed by atoms with Gasteiger partial charge in [-0.1, -0.05) is 48.5 Å². The molecular weight excluding hydrogens is 326 g/mol. The summed E-state index contributed by atoms with van der Waals surface area (Å²) in [6, 6.07) is 20.9. The molecular formula is C21H21N3O2. The lowest BCUT2D eigenvalue weighted by atomic mass is 10.1. The summed E-state index contributed by atoms with van der Waals surface area (Å²) in [5, 5.41) is 7.35. The highest BCUT2D eigenvalue weighted by Gasteiger charge is 2.09. The van der Waals surface area contributed by atoms with E-state index in [9.17, 15) is 9.59 Å². The zero-order chi connectivity index (χ0) is 18.2. The Morgan fingerprint density at radius 2 is 1.58 bits per heavy atom. The van der Waals surface area contributed by atoms with Gasteiger partial charge in [-0.25, -0.2) is 4.68 Å². The number of nitrogens with zero attached hydrogens (tertiary/aromatic N) is 2. The quantitative estimate of drug-likeness (QED) is 0.637. The Hall–Kier alpha value is -3.21. The number of benzene rings is 2. The summed E-state index contributed by atoms with van der Waals surface area (Å²) in [6.07, 6.45) is 2.98. The van der Waals surface area contributed by atoms with Crippen molar-refractivity contribution in [1.29, 1.82) is 0 Å². The highest BCUT2D eigenvalue weighted by atomic mass is 16.2. The van der Waals surface area contributed by atoms with Crippen molar-refractivity contribution in [3.05, 3.63) is 84.2 Å². The zero-order valence-corrected chi connectivity index (χ0v) is 14.5. The topological polar surface area (TPSA) is 64.0 Å². The second-order valence-corrected chi connectivity index (χ2v) is 5.98. The Kier molecular flexibility index (Phi) is 5.93. The van der Waals surface area contributed by atoms with Crippen molar-refractivity contribution < 1.29 is 9.59 Å². The first-order chi connectivity index (χ1) is 12.7. The molecule has 132 valence electrons. The fraction of sp³-hybridized carbons (Fsp3) is 0.190. The Morgan fingerprint density at radius 3 is 2.31 bits per heavy atom. The van der Waals surface area contributed by atoms with E-state index < -0.39 is 0 Å². The molecule has 3 rings (SSSR count). The van der Waals surface area contributed by atoms with Crippen molar-refractivity contribution in [3.63, 3.8) is 0 Å². The molecule has 1 amide bonds. The van der Waals surface area contributed by atoms with Gasteiger partial charge in [0.1, 0.15) is 0 Å². The molecule has 1 aromatic heterocycles. The van der Waals surface area contributed by atoms with E-state index in [1.807, 2.05) is 65.5 Å². The van der Waals surface area contributed by atoms with Crippen LogP contribution in [0, 0.1) is 0 Å². The van der Waals surface area contributed by atoms with E-state index in [1.54, 1.807) is 12.1 Å². The van der Waals surface area contributed by atoms with Gasteiger partial charge < -0.3 is 5.32 Å². The fourth-order valence-corrected chi connectivity index (χ4v) is 2.63. The molecule has 5 nitrogen and oxygen atoms in total. The van der Waals surface area contributed by atoms with Gasteiger partial charge >= 0.3 is 0 Å². The number of carbonyl (C=O) groups is 2. The fourth-order valence-electron chi connectivity index (χ4n) is 2.63. The zero-order valence-electron chi connectivity index (χ0n) is 14.5. The molecule has 0 aliphatic carbocycles. The SMILES string of the molecule is O=C(CCC(=O)c1ccccc1)NCCc1ccn(-c2ccccc2)n1. The van der Waals surface area contributed by atoms with Crippen molar-refractivity contribution in [3.8, 4) is 5.69 Å². The first kappa shape index (κ1) is 17.6. The van der Waals surface area contributed by atoms with Crippen LogP contribution in [0.15, 0.2) is 72.9 Å². The van der Waals surface area contributed by atoms with Crippen LogP contribution < -0.4 is 5.32 Å². The minimum Gasteiger partial charge on any atom is -0.356 e. The highest BCUT2D eigenvalue weighted by molar-refractivity contribution is 5.97. The van der Waals surface area contributed by atoms with Gasteiger partial charge in [0.25, 0.3) is 0 Å². The summed E-state index contributed by atoms with van der Waals surface area (Å²) in [6.45, 7) is 0.504. The van der Waals surface area contributed by atoms with Crippen LogP contribution >= 0.6 is 0 Å². The van der Waals surface area contributed by atoms with Gasteiger partial charge in [0, 0.05) is 37.6 Å². The highest BCUT2D eigenvalue weighted by Crippen LogP contribution is 2.07. The van der Waals surface area contributed by atoms with Gasteiger partial charge in [0.2, 0.25) is 5.91 Å². The maximum absolute atomic E-state index is 12.0. The summed E-state index contributed by atoms with van der Waals surface area (Å²) < 4.78 is 1.82. The van der Waals surface area contributed by atoms with Crippen molar-refractivity contribution in [2.45, 2.75) is 19.3 Å². The van der Waals surface area contributed by atoms with Crippen molar-refractivity contribution in [2.24, 2.45) is 0 Å². The number of Topliss-reactive ketones (excluding diaryl/α,β-unsaturated/α-hetero) is 1. The van der Waals surface area contributed by atoms with Crippen LogP contribution in [0.25, 0.3) is 5.69 Å². The van der Waals surface area contributed by atoms with E-state index in [1.165, 1.54) is 0 Å². The smallest absolute Gasteiger partial charge is 0.220 e. The van der Waals surface area contributed by atoms with Crippen LogP contribution in [-0.2, 0) is 11.2 Å². The lowest BCUT2D eigenvalue weighted by Crippen LogP contribution is -2.26. The summed E-state index contributed by atoms with van der Waals surface area (Å²) in [5.74, 6) is -0.126. The molecule has 1 N–H and O–H groups in total.